The molecular formula is C12H18N2OS. The number of nitrogens with two attached hydrogens (primary N) is 1. The molecule has 0 radical (unpaired) electrons. The molecule has 1 rings (SSSR count). The minimum absolute atomic E-state index is 0.0933. The maximum atomic E-state index is 12.0. The van der Waals surface area contributed by atoms with Crippen LogP contribution in [0.5, 0.6) is 0 Å². The number of thiophene rings is 1. The smallest absolute Gasteiger partial charge is 0.227 e. The van der Waals surface area contributed by atoms with Gasteiger partial charge in [0.05, 0.1) is 6.54 Å². The highest BCUT2D eigenvalue weighted by atomic mass is 32.1. The Morgan fingerprint density at radius 1 is 1.75 bits per heavy atom. The Hall–Kier alpha value is -1.13. The summed E-state index contributed by atoms with van der Waals surface area (Å²) in [7, 11) is 0. The van der Waals surface area contributed by atoms with Crippen molar-refractivity contribution in [3.8, 4) is 0 Å². The second-order valence-corrected chi connectivity index (χ2v) is 4.76. The van der Waals surface area contributed by atoms with E-state index in [0.29, 0.717) is 19.6 Å². The van der Waals surface area contributed by atoms with Gasteiger partial charge in [-0.2, -0.15) is 0 Å². The second kappa shape index (κ2) is 6.45. The van der Waals surface area contributed by atoms with Crippen LogP contribution in [-0.4, -0.2) is 23.9 Å². The third-order valence-corrected chi connectivity index (χ3v) is 3.22. The van der Waals surface area contributed by atoms with Gasteiger partial charge in [-0.05, 0) is 11.4 Å². The van der Waals surface area contributed by atoms with Gasteiger partial charge in [0.15, 0.2) is 0 Å². The quantitative estimate of drug-likeness (QED) is 0.769. The monoisotopic (exact) mass is 238 g/mol. The number of carbonyl (C=O) groups excluding carboxylic acids is 1. The van der Waals surface area contributed by atoms with Crippen LogP contribution in [0.4, 0.5) is 0 Å². The summed E-state index contributed by atoms with van der Waals surface area (Å²) in [5.41, 5.74) is 5.51. The Labute approximate surface area is 101 Å². The summed E-state index contributed by atoms with van der Waals surface area (Å²) < 4.78 is 0. The molecule has 0 spiro atoms. The van der Waals surface area contributed by atoms with E-state index in [-0.39, 0.29) is 11.8 Å². The molecule has 4 heteroatoms. The molecule has 0 aromatic carbocycles. The van der Waals surface area contributed by atoms with Crippen LogP contribution in [-0.2, 0) is 11.3 Å². The molecule has 1 amide bonds. The van der Waals surface area contributed by atoms with Crippen LogP contribution in [0.25, 0.3) is 0 Å². The molecule has 0 aliphatic heterocycles. The molecule has 0 saturated heterocycles. The highest BCUT2D eigenvalue weighted by Crippen LogP contribution is 2.13. The first-order valence-electron chi connectivity index (χ1n) is 5.31. The highest BCUT2D eigenvalue weighted by molar-refractivity contribution is 7.09. The number of hydrogen-bond acceptors (Lipinski definition) is 3. The van der Waals surface area contributed by atoms with E-state index in [4.69, 9.17) is 5.73 Å². The van der Waals surface area contributed by atoms with Crippen molar-refractivity contribution in [3.63, 3.8) is 0 Å². The normalized spacial score (nSPS) is 12.1. The van der Waals surface area contributed by atoms with E-state index in [9.17, 15) is 4.79 Å². The largest absolute Gasteiger partial charge is 0.334 e. The lowest BCUT2D eigenvalue weighted by molar-refractivity contribution is -0.134. The highest BCUT2D eigenvalue weighted by Gasteiger charge is 2.18. The standard InChI is InChI=1S/C12H18N2OS/c1-3-6-14(12(15)10(2)8-13)9-11-5-4-7-16-11/h3-5,7,10H,1,6,8-9,13H2,2H3. The lowest BCUT2D eigenvalue weighted by Crippen LogP contribution is -2.37. The fourth-order valence-electron chi connectivity index (χ4n) is 1.39. The molecule has 16 heavy (non-hydrogen) atoms. The van der Waals surface area contributed by atoms with E-state index in [2.05, 4.69) is 6.58 Å². The zero-order valence-electron chi connectivity index (χ0n) is 9.56. The first-order chi connectivity index (χ1) is 7.69. The Balaban J connectivity index is 2.67. The third kappa shape index (κ3) is 3.47. The number of carbonyl (C=O) groups is 1. The van der Waals surface area contributed by atoms with Crippen LogP contribution in [0.2, 0.25) is 0 Å². The molecule has 0 fully saturated rings. The average molecular weight is 238 g/mol. The van der Waals surface area contributed by atoms with Gasteiger partial charge in [-0.25, -0.2) is 0 Å². The Morgan fingerprint density at radius 3 is 3.00 bits per heavy atom. The summed E-state index contributed by atoms with van der Waals surface area (Å²) in [5, 5.41) is 2.01. The molecule has 2 N–H and O–H groups in total. The van der Waals surface area contributed by atoms with Crippen molar-refractivity contribution in [1.29, 1.82) is 0 Å². The molecule has 0 aliphatic rings. The fraction of sp³-hybridized carbons (Fsp3) is 0.417. The molecule has 1 unspecified atom stereocenters. The van der Waals surface area contributed by atoms with Crippen molar-refractivity contribution in [2.45, 2.75) is 13.5 Å². The van der Waals surface area contributed by atoms with Crippen molar-refractivity contribution in [2.75, 3.05) is 13.1 Å². The summed E-state index contributed by atoms with van der Waals surface area (Å²) in [6, 6.07) is 4.02. The van der Waals surface area contributed by atoms with Crippen LogP contribution < -0.4 is 5.73 Å². The van der Waals surface area contributed by atoms with Crippen LogP contribution in [0.1, 0.15) is 11.8 Å². The van der Waals surface area contributed by atoms with Crippen LogP contribution >= 0.6 is 11.3 Å². The van der Waals surface area contributed by atoms with Gasteiger partial charge < -0.3 is 10.6 Å². The Kier molecular flexibility index (Phi) is 5.22. The lowest BCUT2D eigenvalue weighted by Gasteiger charge is -2.23. The number of nitrogens with zero attached hydrogens (tertiary/aromatic N) is 1. The second-order valence-electron chi connectivity index (χ2n) is 3.72. The van der Waals surface area contributed by atoms with Gasteiger partial charge in [0, 0.05) is 23.9 Å². The SMILES string of the molecule is C=CCN(Cc1cccs1)C(=O)C(C)CN. The van der Waals surface area contributed by atoms with Crippen molar-refractivity contribution in [3.05, 3.63) is 35.0 Å². The van der Waals surface area contributed by atoms with Crippen LogP contribution in [0, 0.1) is 5.92 Å². The summed E-state index contributed by atoms with van der Waals surface area (Å²) in [5.74, 6) is -0.0317. The van der Waals surface area contributed by atoms with Gasteiger partial charge in [-0.15, -0.1) is 17.9 Å². The Bertz CT molecular complexity index is 335. The maximum absolute atomic E-state index is 12.0. The van der Waals surface area contributed by atoms with Crippen molar-refractivity contribution < 1.29 is 4.79 Å². The van der Waals surface area contributed by atoms with E-state index in [1.54, 1.807) is 22.3 Å². The fourth-order valence-corrected chi connectivity index (χ4v) is 2.11. The van der Waals surface area contributed by atoms with E-state index in [0.717, 1.165) is 0 Å². The number of hydrogen-bond donors (Lipinski definition) is 1. The van der Waals surface area contributed by atoms with E-state index >= 15 is 0 Å². The van der Waals surface area contributed by atoms with E-state index in [1.165, 1.54) is 4.88 Å². The minimum atomic E-state index is -0.125. The first-order valence-corrected chi connectivity index (χ1v) is 6.19. The molecular weight excluding hydrogens is 220 g/mol. The van der Waals surface area contributed by atoms with Crippen LogP contribution in [0.3, 0.4) is 0 Å². The molecule has 0 bridgehead atoms. The third-order valence-electron chi connectivity index (χ3n) is 2.36. The van der Waals surface area contributed by atoms with Crippen molar-refractivity contribution >= 4 is 17.2 Å². The predicted octanol–water partition coefficient (Wildman–Crippen LogP) is 1.86. The molecule has 0 saturated carbocycles. The van der Waals surface area contributed by atoms with Gasteiger partial charge in [-0.3, -0.25) is 4.79 Å². The number of amides is 1. The molecule has 1 aromatic rings. The lowest BCUT2D eigenvalue weighted by atomic mass is 10.1. The summed E-state index contributed by atoms with van der Waals surface area (Å²) in [6.45, 7) is 7.13. The van der Waals surface area contributed by atoms with Gasteiger partial charge >= 0.3 is 0 Å². The zero-order valence-corrected chi connectivity index (χ0v) is 10.4. The Morgan fingerprint density at radius 2 is 2.50 bits per heavy atom. The summed E-state index contributed by atoms with van der Waals surface area (Å²) in [4.78, 5) is 15.0. The molecule has 0 aliphatic carbocycles. The van der Waals surface area contributed by atoms with Crippen molar-refractivity contribution in [2.24, 2.45) is 11.7 Å². The average Bonchev–Trinajstić information content (AvgIpc) is 2.79. The molecule has 1 aromatic heterocycles. The molecule has 3 nitrogen and oxygen atoms in total. The first kappa shape index (κ1) is 12.9. The van der Waals surface area contributed by atoms with Gasteiger partial charge in [0.25, 0.3) is 0 Å². The molecule has 1 heterocycles. The summed E-state index contributed by atoms with van der Waals surface area (Å²) >= 11 is 1.65. The van der Waals surface area contributed by atoms with Crippen LogP contribution in [0.15, 0.2) is 30.2 Å². The summed E-state index contributed by atoms with van der Waals surface area (Å²) in [6.07, 6.45) is 1.74. The van der Waals surface area contributed by atoms with E-state index < -0.39 is 0 Å². The van der Waals surface area contributed by atoms with E-state index in [1.807, 2.05) is 24.4 Å². The minimum Gasteiger partial charge on any atom is -0.334 e. The van der Waals surface area contributed by atoms with Crippen molar-refractivity contribution in [1.82, 2.24) is 4.90 Å². The van der Waals surface area contributed by atoms with Gasteiger partial charge in [0.1, 0.15) is 0 Å². The predicted molar refractivity (Wildman–Crippen MR) is 68.2 cm³/mol. The number of rotatable bonds is 6. The maximum Gasteiger partial charge on any atom is 0.227 e. The molecule has 88 valence electrons. The van der Waals surface area contributed by atoms with Gasteiger partial charge in [-0.1, -0.05) is 19.1 Å². The van der Waals surface area contributed by atoms with Gasteiger partial charge in [0.2, 0.25) is 5.91 Å². The molecule has 1 atom stereocenters. The topological polar surface area (TPSA) is 46.3 Å². The zero-order chi connectivity index (χ0) is 12.0.